The number of furan rings is 1. The van der Waals surface area contributed by atoms with E-state index in [0.717, 1.165) is 48.3 Å². The molecule has 7 nitrogen and oxygen atoms in total. The van der Waals surface area contributed by atoms with Crippen molar-refractivity contribution in [1.82, 2.24) is 30.0 Å². The van der Waals surface area contributed by atoms with Crippen molar-refractivity contribution in [3.05, 3.63) is 64.8 Å². The third-order valence-corrected chi connectivity index (χ3v) is 5.14. The van der Waals surface area contributed by atoms with Gasteiger partial charge >= 0.3 is 0 Å². The van der Waals surface area contributed by atoms with Gasteiger partial charge in [0.05, 0.1) is 12.3 Å². The Morgan fingerprint density at radius 3 is 2.65 bits per heavy atom. The molecule has 1 aliphatic heterocycles. The maximum absolute atomic E-state index is 6.55. The van der Waals surface area contributed by atoms with Crippen molar-refractivity contribution in [3.63, 3.8) is 0 Å². The van der Waals surface area contributed by atoms with E-state index in [0.29, 0.717) is 6.54 Å². The van der Waals surface area contributed by atoms with Crippen molar-refractivity contribution >= 4 is 11.6 Å². The molecule has 3 heterocycles. The van der Waals surface area contributed by atoms with Crippen molar-refractivity contribution < 1.29 is 4.42 Å². The summed E-state index contributed by atoms with van der Waals surface area (Å²) in [5.41, 5.74) is 1.02. The van der Waals surface area contributed by atoms with Crippen molar-refractivity contribution in [2.45, 2.75) is 12.6 Å². The van der Waals surface area contributed by atoms with Crippen LogP contribution in [0.25, 0.3) is 0 Å². The zero-order valence-electron chi connectivity index (χ0n) is 14.6. The number of halogens is 1. The zero-order chi connectivity index (χ0) is 17.9. The largest absolute Gasteiger partial charge is 0.467 e. The molecule has 136 valence electrons. The molecule has 1 saturated heterocycles. The Hall–Kier alpha value is -2.22. The van der Waals surface area contributed by atoms with Gasteiger partial charge in [-0.2, -0.15) is 0 Å². The Balaban J connectivity index is 1.72. The van der Waals surface area contributed by atoms with Gasteiger partial charge in [-0.1, -0.05) is 29.8 Å². The van der Waals surface area contributed by atoms with Gasteiger partial charge in [0.25, 0.3) is 0 Å². The van der Waals surface area contributed by atoms with Crippen LogP contribution in [0.1, 0.15) is 23.2 Å². The molecule has 0 spiro atoms. The maximum Gasteiger partial charge on any atom is 0.173 e. The zero-order valence-corrected chi connectivity index (χ0v) is 15.4. The van der Waals surface area contributed by atoms with E-state index in [2.05, 4.69) is 38.4 Å². The molecule has 2 aromatic heterocycles. The van der Waals surface area contributed by atoms with E-state index in [1.807, 2.05) is 30.3 Å². The van der Waals surface area contributed by atoms with Crippen LogP contribution >= 0.6 is 11.6 Å². The number of nitrogens with zero attached hydrogens (tertiary/aromatic N) is 6. The van der Waals surface area contributed by atoms with Crippen molar-refractivity contribution in [2.24, 2.45) is 0 Å². The van der Waals surface area contributed by atoms with Gasteiger partial charge in [-0.25, -0.2) is 4.68 Å². The summed E-state index contributed by atoms with van der Waals surface area (Å²) in [5, 5.41) is 13.2. The summed E-state index contributed by atoms with van der Waals surface area (Å²) in [7, 11) is 2.14. The minimum absolute atomic E-state index is 0.0950. The Labute approximate surface area is 157 Å². The first-order valence-electron chi connectivity index (χ1n) is 8.68. The van der Waals surface area contributed by atoms with Crippen LogP contribution in [0.4, 0.5) is 0 Å². The average Bonchev–Trinajstić information content (AvgIpc) is 3.31. The monoisotopic (exact) mass is 372 g/mol. The highest BCUT2D eigenvalue weighted by Gasteiger charge is 2.31. The predicted octanol–water partition coefficient (Wildman–Crippen LogP) is 2.30. The Morgan fingerprint density at radius 1 is 1.12 bits per heavy atom. The molecule has 0 aliphatic carbocycles. The molecule has 3 aromatic rings. The lowest BCUT2D eigenvalue weighted by molar-refractivity contribution is 0.121. The second-order valence-corrected chi connectivity index (χ2v) is 6.94. The Bertz CT molecular complexity index is 841. The van der Waals surface area contributed by atoms with Crippen LogP contribution in [-0.4, -0.2) is 63.2 Å². The molecule has 0 N–H and O–H groups in total. The molecule has 0 unspecified atom stereocenters. The highest BCUT2D eigenvalue weighted by atomic mass is 35.5. The molecular formula is C18H21ClN6O. The highest BCUT2D eigenvalue weighted by molar-refractivity contribution is 6.31. The molecule has 4 rings (SSSR count). The van der Waals surface area contributed by atoms with Crippen LogP contribution in [-0.2, 0) is 6.54 Å². The van der Waals surface area contributed by atoms with Gasteiger partial charge < -0.3 is 9.32 Å². The second-order valence-electron chi connectivity index (χ2n) is 6.54. The van der Waals surface area contributed by atoms with Gasteiger partial charge in [0, 0.05) is 31.2 Å². The summed E-state index contributed by atoms with van der Waals surface area (Å²) in [5.74, 6) is 1.59. The number of rotatable bonds is 5. The topological polar surface area (TPSA) is 63.2 Å². The lowest BCUT2D eigenvalue weighted by atomic mass is 10.0. The van der Waals surface area contributed by atoms with E-state index in [1.54, 1.807) is 10.9 Å². The molecule has 0 amide bonds. The van der Waals surface area contributed by atoms with Gasteiger partial charge in [-0.15, -0.1) is 5.10 Å². The summed E-state index contributed by atoms with van der Waals surface area (Å²) in [6.45, 7) is 4.35. The van der Waals surface area contributed by atoms with Crippen molar-refractivity contribution in [1.29, 1.82) is 0 Å². The third kappa shape index (κ3) is 3.51. The van der Waals surface area contributed by atoms with Crippen LogP contribution in [0.15, 0.2) is 47.1 Å². The summed E-state index contributed by atoms with van der Waals surface area (Å²) < 4.78 is 7.26. The minimum Gasteiger partial charge on any atom is -0.467 e. The average molecular weight is 373 g/mol. The van der Waals surface area contributed by atoms with Crippen LogP contribution in [0.2, 0.25) is 5.02 Å². The number of benzene rings is 1. The molecular weight excluding hydrogens is 352 g/mol. The number of hydrogen-bond donors (Lipinski definition) is 0. The first-order valence-corrected chi connectivity index (χ1v) is 9.05. The number of tetrazole rings is 1. The third-order valence-electron chi connectivity index (χ3n) is 4.79. The van der Waals surface area contributed by atoms with Gasteiger partial charge in [-0.3, -0.25) is 4.90 Å². The Kier molecular flexibility index (Phi) is 5.01. The lowest BCUT2D eigenvalue weighted by Gasteiger charge is -2.37. The summed E-state index contributed by atoms with van der Waals surface area (Å²) in [4.78, 5) is 4.72. The van der Waals surface area contributed by atoms with Gasteiger partial charge in [0.2, 0.25) is 0 Å². The first-order chi connectivity index (χ1) is 12.7. The number of piperazine rings is 1. The van der Waals surface area contributed by atoms with Crippen LogP contribution in [0.3, 0.4) is 0 Å². The molecule has 8 heteroatoms. The van der Waals surface area contributed by atoms with Gasteiger partial charge in [-0.05, 0) is 41.2 Å². The lowest BCUT2D eigenvalue weighted by Crippen LogP contribution is -2.46. The van der Waals surface area contributed by atoms with E-state index in [1.165, 1.54) is 0 Å². The maximum atomic E-state index is 6.55. The van der Waals surface area contributed by atoms with Crippen LogP contribution < -0.4 is 0 Å². The van der Waals surface area contributed by atoms with Gasteiger partial charge in [0.15, 0.2) is 5.82 Å². The predicted molar refractivity (Wildman–Crippen MR) is 98.0 cm³/mol. The smallest absolute Gasteiger partial charge is 0.173 e. The fraction of sp³-hybridized carbons (Fsp3) is 0.389. The molecule has 0 bridgehead atoms. The standard InChI is InChI=1S/C18H21ClN6O/c1-23-8-10-24(11-9-23)17(15-6-2-3-7-16(15)19)18-20-21-22-25(18)13-14-5-4-12-26-14/h2-7,12,17H,8-11,13H2,1H3/t17-/m0/s1. The SMILES string of the molecule is CN1CCN([C@@H](c2ccccc2Cl)c2nnnn2Cc2ccco2)CC1. The normalized spacial score (nSPS) is 17.5. The van der Waals surface area contributed by atoms with E-state index in [9.17, 15) is 0 Å². The first kappa shape index (κ1) is 17.2. The summed E-state index contributed by atoms with van der Waals surface area (Å²) >= 11 is 6.55. The molecule has 0 saturated carbocycles. The van der Waals surface area contributed by atoms with Crippen LogP contribution in [0.5, 0.6) is 0 Å². The second kappa shape index (κ2) is 7.57. The molecule has 0 radical (unpaired) electrons. The number of likely N-dealkylation sites (N-methyl/N-ethyl adjacent to an activating group) is 1. The molecule has 1 aromatic carbocycles. The highest BCUT2D eigenvalue weighted by Crippen LogP contribution is 2.32. The van der Waals surface area contributed by atoms with Gasteiger partial charge in [0.1, 0.15) is 12.3 Å². The fourth-order valence-corrected chi connectivity index (χ4v) is 3.59. The van der Waals surface area contributed by atoms with Crippen molar-refractivity contribution in [2.75, 3.05) is 33.2 Å². The minimum atomic E-state index is -0.0950. The number of hydrogen-bond acceptors (Lipinski definition) is 6. The molecule has 26 heavy (non-hydrogen) atoms. The fourth-order valence-electron chi connectivity index (χ4n) is 3.35. The molecule has 1 aliphatic rings. The van der Waals surface area contributed by atoms with Crippen LogP contribution in [0, 0.1) is 0 Å². The van der Waals surface area contributed by atoms with E-state index < -0.39 is 0 Å². The summed E-state index contributed by atoms with van der Waals surface area (Å²) in [6, 6.07) is 11.6. The van der Waals surface area contributed by atoms with E-state index in [4.69, 9.17) is 16.0 Å². The Morgan fingerprint density at radius 2 is 1.92 bits per heavy atom. The van der Waals surface area contributed by atoms with E-state index in [-0.39, 0.29) is 6.04 Å². The van der Waals surface area contributed by atoms with Crippen molar-refractivity contribution in [3.8, 4) is 0 Å². The quantitative estimate of drug-likeness (QED) is 0.684. The number of aromatic nitrogens is 4. The summed E-state index contributed by atoms with van der Waals surface area (Å²) in [6.07, 6.45) is 1.66. The van der Waals surface area contributed by atoms with E-state index >= 15 is 0 Å². The molecule has 1 atom stereocenters. The molecule has 1 fully saturated rings.